The minimum atomic E-state index is -0.0856. The van der Waals surface area contributed by atoms with Crippen LogP contribution in [0.1, 0.15) is 24.1 Å². The number of likely N-dealkylation sites (N-methyl/N-ethyl adjacent to an activating group) is 1. The number of aromatic amines is 1. The van der Waals surface area contributed by atoms with Crippen LogP contribution in [0.15, 0.2) is 48.9 Å². The van der Waals surface area contributed by atoms with Gasteiger partial charge in [-0.15, -0.1) is 0 Å². The number of hydrogen-bond donors (Lipinski definition) is 2. The van der Waals surface area contributed by atoms with E-state index in [-0.39, 0.29) is 11.9 Å². The third-order valence-corrected chi connectivity index (χ3v) is 4.09. The summed E-state index contributed by atoms with van der Waals surface area (Å²) in [6, 6.07) is 7.34. The summed E-state index contributed by atoms with van der Waals surface area (Å²) in [4.78, 5) is 25.5. The average Bonchev–Trinajstić information content (AvgIpc) is 3.03. The predicted molar refractivity (Wildman–Crippen MR) is 95.0 cm³/mol. The lowest BCUT2D eigenvalue weighted by Crippen LogP contribution is -2.27. The molecule has 0 bridgehead atoms. The maximum Gasteiger partial charge on any atom is 0.246 e. The van der Waals surface area contributed by atoms with Crippen molar-refractivity contribution in [2.45, 2.75) is 13.0 Å². The predicted octanol–water partition coefficient (Wildman–Crippen LogP) is 2.77. The van der Waals surface area contributed by atoms with Gasteiger partial charge in [-0.2, -0.15) is 0 Å². The van der Waals surface area contributed by atoms with Crippen molar-refractivity contribution >= 4 is 28.8 Å². The summed E-state index contributed by atoms with van der Waals surface area (Å²) in [5, 5.41) is 1.02. The number of anilines is 1. The minimum absolute atomic E-state index is 0.0790. The van der Waals surface area contributed by atoms with Crippen LogP contribution in [0.3, 0.4) is 0 Å². The molecule has 0 aliphatic heterocycles. The van der Waals surface area contributed by atoms with Crippen LogP contribution in [0.25, 0.3) is 17.1 Å². The number of nitrogens with zero attached hydrogens (tertiary/aromatic N) is 3. The van der Waals surface area contributed by atoms with Gasteiger partial charge in [0, 0.05) is 42.7 Å². The second-order valence-corrected chi connectivity index (χ2v) is 5.62. The molecule has 0 saturated heterocycles. The number of H-pyrrole nitrogens is 1. The van der Waals surface area contributed by atoms with Crippen molar-refractivity contribution in [1.82, 2.24) is 19.9 Å². The quantitative estimate of drug-likeness (QED) is 0.723. The molecular weight excluding hydrogens is 302 g/mol. The highest BCUT2D eigenvalue weighted by molar-refractivity contribution is 5.92. The van der Waals surface area contributed by atoms with Gasteiger partial charge < -0.3 is 15.6 Å². The van der Waals surface area contributed by atoms with Crippen LogP contribution in [-0.4, -0.2) is 32.8 Å². The number of amides is 1. The standard InChI is InChI=1S/C18H19N5O/c1-12(15-11-22-18-14(15)4-3-9-20-18)23(2)17(24)8-6-13-5-7-16(19)21-10-13/h3-12H,1-2H3,(H2,19,21)(H,20,22)/b8-6+. The molecule has 1 atom stereocenters. The first-order valence-electron chi connectivity index (χ1n) is 7.64. The van der Waals surface area contributed by atoms with E-state index < -0.39 is 0 Å². The monoisotopic (exact) mass is 321 g/mol. The lowest BCUT2D eigenvalue weighted by molar-refractivity contribution is -0.126. The highest BCUT2D eigenvalue weighted by Crippen LogP contribution is 2.26. The summed E-state index contributed by atoms with van der Waals surface area (Å²) in [6.45, 7) is 1.99. The number of hydrogen-bond acceptors (Lipinski definition) is 4. The van der Waals surface area contributed by atoms with Crippen LogP contribution < -0.4 is 5.73 Å². The molecule has 3 rings (SSSR count). The lowest BCUT2D eigenvalue weighted by atomic mass is 10.1. The molecule has 3 heterocycles. The molecule has 0 aliphatic rings. The number of pyridine rings is 2. The summed E-state index contributed by atoms with van der Waals surface area (Å²) >= 11 is 0. The molecule has 122 valence electrons. The third kappa shape index (κ3) is 3.12. The van der Waals surface area contributed by atoms with Crippen molar-refractivity contribution in [3.05, 3.63) is 60.1 Å². The second kappa shape index (κ2) is 6.54. The molecule has 1 unspecified atom stereocenters. The van der Waals surface area contributed by atoms with Crippen LogP contribution in [0, 0.1) is 0 Å². The Kier molecular flexibility index (Phi) is 4.29. The molecule has 3 aromatic heterocycles. The van der Waals surface area contributed by atoms with Gasteiger partial charge >= 0.3 is 0 Å². The fraction of sp³-hybridized carbons (Fsp3) is 0.167. The summed E-state index contributed by atoms with van der Waals surface area (Å²) in [5.74, 6) is 0.370. The second-order valence-electron chi connectivity index (χ2n) is 5.62. The van der Waals surface area contributed by atoms with E-state index in [2.05, 4.69) is 15.0 Å². The van der Waals surface area contributed by atoms with Crippen molar-refractivity contribution in [2.24, 2.45) is 0 Å². The van der Waals surface area contributed by atoms with Gasteiger partial charge in [0.05, 0.1) is 6.04 Å². The first-order chi connectivity index (χ1) is 11.6. The number of fused-ring (bicyclic) bond motifs is 1. The van der Waals surface area contributed by atoms with E-state index in [0.29, 0.717) is 5.82 Å². The Bertz CT molecular complexity index is 882. The van der Waals surface area contributed by atoms with Gasteiger partial charge in [-0.1, -0.05) is 0 Å². The zero-order chi connectivity index (χ0) is 17.1. The van der Waals surface area contributed by atoms with Crippen molar-refractivity contribution in [3.63, 3.8) is 0 Å². The van der Waals surface area contributed by atoms with Crippen molar-refractivity contribution in [1.29, 1.82) is 0 Å². The van der Waals surface area contributed by atoms with Gasteiger partial charge in [0.1, 0.15) is 11.5 Å². The Labute approximate surface area is 140 Å². The Hall–Kier alpha value is -3.15. The minimum Gasteiger partial charge on any atom is -0.384 e. The number of nitrogens with one attached hydrogen (secondary N) is 1. The summed E-state index contributed by atoms with van der Waals surface area (Å²) in [6.07, 6.45) is 8.55. The van der Waals surface area contributed by atoms with Crippen LogP contribution in [0.5, 0.6) is 0 Å². The SMILES string of the molecule is CC(c1c[nH]c2ncccc12)N(C)C(=O)/C=C/c1ccc(N)nc1. The molecule has 6 nitrogen and oxygen atoms in total. The van der Waals surface area contributed by atoms with Gasteiger partial charge in [0.15, 0.2) is 0 Å². The summed E-state index contributed by atoms with van der Waals surface area (Å²) < 4.78 is 0. The van der Waals surface area contributed by atoms with Gasteiger partial charge in [-0.25, -0.2) is 9.97 Å². The van der Waals surface area contributed by atoms with Gasteiger partial charge in [-0.3, -0.25) is 4.79 Å². The molecule has 0 aromatic carbocycles. The normalized spacial score (nSPS) is 12.6. The first kappa shape index (κ1) is 15.7. The van der Waals surface area contributed by atoms with Crippen molar-refractivity contribution in [3.8, 4) is 0 Å². The number of nitrogens with two attached hydrogens (primary N) is 1. The van der Waals surface area contributed by atoms with Gasteiger partial charge in [0.25, 0.3) is 0 Å². The molecule has 0 spiro atoms. The van der Waals surface area contributed by atoms with Crippen molar-refractivity contribution < 1.29 is 4.79 Å². The Morgan fingerprint density at radius 1 is 1.33 bits per heavy atom. The number of rotatable bonds is 4. The summed E-state index contributed by atoms with van der Waals surface area (Å²) in [7, 11) is 1.79. The Morgan fingerprint density at radius 3 is 2.92 bits per heavy atom. The zero-order valence-corrected chi connectivity index (χ0v) is 13.6. The molecule has 0 saturated carbocycles. The Morgan fingerprint density at radius 2 is 2.17 bits per heavy atom. The Balaban J connectivity index is 1.76. The highest BCUT2D eigenvalue weighted by atomic mass is 16.2. The van der Waals surface area contributed by atoms with E-state index in [4.69, 9.17) is 5.73 Å². The van der Waals surface area contributed by atoms with E-state index in [1.165, 1.54) is 6.08 Å². The number of aromatic nitrogens is 3. The maximum atomic E-state index is 12.4. The highest BCUT2D eigenvalue weighted by Gasteiger charge is 2.18. The fourth-order valence-corrected chi connectivity index (χ4v) is 2.52. The molecular formula is C18H19N5O. The molecule has 0 fully saturated rings. The molecule has 3 N–H and O–H groups in total. The van der Waals surface area contributed by atoms with E-state index in [1.54, 1.807) is 36.5 Å². The zero-order valence-electron chi connectivity index (χ0n) is 13.6. The number of nitrogen functional groups attached to an aromatic ring is 1. The molecule has 3 aromatic rings. The summed E-state index contributed by atoms with van der Waals surface area (Å²) in [5.41, 5.74) is 8.24. The lowest BCUT2D eigenvalue weighted by Gasteiger charge is -2.23. The fourth-order valence-electron chi connectivity index (χ4n) is 2.52. The van der Waals surface area contributed by atoms with Crippen LogP contribution >= 0.6 is 0 Å². The smallest absolute Gasteiger partial charge is 0.246 e. The number of carbonyl (C=O) groups is 1. The first-order valence-corrected chi connectivity index (χ1v) is 7.64. The van der Waals surface area contributed by atoms with E-state index in [1.807, 2.05) is 31.3 Å². The average molecular weight is 321 g/mol. The maximum absolute atomic E-state index is 12.4. The molecule has 6 heteroatoms. The third-order valence-electron chi connectivity index (χ3n) is 4.09. The van der Waals surface area contributed by atoms with Gasteiger partial charge in [-0.05, 0) is 42.8 Å². The largest absolute Gasteiger partial charge is 0.384 e. The number of carbonyl (C=O) groups excluding carboxylic acids is 1. The molecule has 1 amide bonds. The topological polar surface area (TPSA) is 87.9 Å². The van der Waals surface area contributed by atoms with Crippen molar-refractivity contribution in [2.75, 3.05) is 12.8 Å². The van der Waals surface area contributed by atoms with E-state index >= 15 is 0 Å². The molecule has 0 radical (unpaired) electrons. The van der Waals surface area contributed by atoms with E-state index in [0.717, 1.165) is 22.2 Å². The van der Waals surface area contributed by atoms with Crippen LogP contribution in [0.4, 0.5) is 5.82 Å². The molecule has 24 heavy (non-hydrogen) atoms. The van der Waals surface area contributed by atoms with Crippen LogP contribution in [-0.2, 0) is 4.79 Å². The van der Waals surface area contributed by atoms with Gasteiger partial charge in [0.2, 0.25) is 5.91 Å². The van der Waals surface area contributed by atoms with Crippen LogP contribution in [0.2, 0.25) is 0 Å². The molecule has 0 aliphatic carbocycles. The van der Waals surface area contributed by atoms with E-state index in [9.17, 15) is 4.79 Å².